The largest absolute Gasteiger partial charge is 0.356 e. The molecular weight excluding hydrogens is 403 g/mol. The van der Waals surface area contributed by atoms with Crippen molar-refractivity contribution in [2.24, 2.45) is 5.92 Å². The number of carbonyl (C=O) groups excluding carboxylic acids is 4. The zero-order chi connectivity index (χ0) is 21.0. The third kappa shape index (κ3) is 4.92. The van der Waals surface area contributed by atoms with Gasteiger partial charge in [0.2, 0.25) is 11.8 Å². The number of Topliss-reactive ketones (excluding diaryl/α,β-unsaturated/α-hetero) is 1. The van der Waals surface area contributed by atoms with Crippen molar-refractivity contribution < 1.29 is 23.6 Å². The molecule has 0 bridgehead atoms. The van der Waals surface area contributed by atoms with Gasteiger partial charge >= 0.3 is 0 Å². The Hall–Kier alpha value is -2.94. The molecule has 2 unspecified atom stereocenters. The lowest BCUT2D eigenvalue weighted by Crippen LogP contribution is -2.47. The molecule has 8 nitrogen and oxygen atoms in total. The van der Waals surface area contributed by atoms with Crippen molar-refractivity contribution in [3.8, 4) is 0 Å². The van der Waals surface area contributed by atoms with Crippen LogP contribution in [0.25, 0.3) is 10.9 Å². The topological polar surface area (TPSA) is 120 Å². The predicted octanol–water partition coefficient (Wildman–Crippen LogP) is 0.856. The number of amides is 3. The number of nitrogens with one attached hydrogen (secondary N) is 4. The minimum absolute atomic E-state index is 0.105. The molecule has 1 aliphatic heterocycles. The zero-order valence-electron chi connectivity index (χ0n) is 15.4. The fourth-order valence-corrected chi connectivity index (χ4v) is 3.45. The lowest BCUT2D eigenvalue weighted by atomic mass is 9.96. The van der Waals surface area contributed by atoms with Crippen LogP contribution in [-0.2, 0) is 14.4 Å². The van der Waals surface area contributed by atoms with Crippen LogP contribution in [0.15, 0.2) is 24.3 Å². The Morgan fingerprint density at radius 3 is 2.76 bits per heavy atom. The molecule has 1 fully saturated rings. The Labute approximate surface area is 170 Å². The first-order valence-corrected chi connectivity index (χ1v) is 9.63. The van der Waals surface area contributed by atoms with Gasteiger partial charge in [0, 0.05) is 23.4 Å². The monoisotopic (exact) mass is 422 g/mol. The van der Waals surface area contributed by atoms with Crippen molar-refractivity contribution in [2.75, 3.05) is 19.0 Å². The third-order valence-electron chi connectivity index (χ3n) is 4.80. The first-order valence-electron chi connectivity index (χ1n) is 9.10. The summed E-state index contributed by atoms with van der Waals surface area (Å²) in [5.74, 6) is -2.89. The van der Waals surface area contributed by atoms with Crippen molar-refractivity contribution in [1.29, 1.82) is 0 Å². The fourth-order valence-electron chi connectivity index (χ4n) is 3.26. The van der Waals surface area contributed by atoms with Gasteiger partial charge in [-0.2, -0.15) is 0 Å². The molecular formula is C19H20ClFN4O4. The van der Waals surface area contributed by atoms with Gasteiger partial charge in [-0.3, -0.25) is 19.2 Å². The smallest absolute Gasteiger partial charge is 0.268 e. The fraction of sp³-hybridized carbons (Fsp3) is 0.368. The Balaban J connectivity index is 1.57. The van der Waals surface area contributed by atoms with Crippen molar-refractivity contribution >= 4 is 46.0 Å². The molecule has 2 atom stereocenters. The summed E-state index contributed by atoms with van der Waals surface area (Å²) in [5, 5.41) is 7.88. The Kier molecular flexibility index (Phi) is 6.48. The SMILES string of the molecule is O=C(CNC(=O)c1cc2c(F)cccc2[nH]1)NC(CC1CCNC1=O)C(=O)CCl. The second kappa shape index (κ2) is 9.04. The number of halogens is 2. The van der Waals surface area contributed by atoms with Gasteiger partial charge in [-0.15, -0.1) is 11.6 Å². The third-order valence-corrected chi connectivity index (χ3v) is 5.07. The van der Waals surface area contributed by atoms with Crippen LogP contribution < -0.4 is 16.0 Å². The lowest BCUT2D eigenvalue weighted by Gasteiger charge is -2.19. The van der Waals surface area contributed by atoms with Crippen LogP contribution in [-0.4, -0.2) is 53.5 Å². The summed E-state index contributed by atoms with van der Waals surface area (Å²) in [6, 6.07) is 4.87. The molecule has 2 heterocycles. The second-order valence-electron chi connectivity index (χ2n) is 6.80. The number of fused-ring (bicyclic) bond motifs is 1. The van der Waals surface area contributed by atoms with Gasteiger partial charge in [-0.1, -0.05) is 6.07 Å². The number of benzene rings is 1. The van der Waals surface area contributed by atoms with E-state index in [9.17, 15) is 23.6 Å². The summed E-state index contributed by atoms with van der Waals surface area (Å²) in [6.07, 6.45) is 0.729. The Morgan fingerprint density at radius 2 is 2.10 bits per heavy atom. The molecule has 154 valence electrons. The molecule has 1 saturated heterocycles. The molecule has 1 aliphatic rings. The minimum Gasteiger partial charge on any atom is -0.356 e. The van der Waals surface area contributed by atoms with E-state index in [1.165, 1.54) is 18.2 Å². The number of ketones is 1. The van der Waals surface area contributed by atoms with E-state index < -0.39 is 29.5 Å². The van der Waals surface area contributed by atoms with Crippen LogP contribution >= 0.6 is 11.6 Å². The summed E-state index contributed by atoms with van der Waals surface area (Å²) in [5.41, 5.74) is 0.566. The van der Waals surface area contributed by atoms with Crippen LogP contribution in [0.4, 0.5) is 4.39 Å². The van der Waals surface area contributed by atoms with Crippen molar-refractivity contribution in [3.63, 3.8) is 0 Å². The highest BCUT2D eigenvalue weighted by Crippen LogP contribution is 2.19. The van der Waals surface area contributed by atoms with Gasteiger partial charge in [0.25, 0.3) is 5.91 Å². The maximum absolute atomic E-state index is 13.7. The van der Waals surface area contributed by atoms with E-state index in [1.54, 1.807) is 6.07 Å². The Bertz CT molecular complexity index is 961. The maximum atomic E-state index is 13.7. The molecule has 29 heavy (non-hydrogen) atoms. The van der Waals surface area contributed by atoms with Gasteiger partial charge < -0.3 is 20.9 Å². The van der Waals surface area contributed by atoms with Crippen LogP contribution in [0, 0.1) is 11.7 Å². The van der Waals surface area contributed by atoms with Crippen LogP contribution in [0.3, 0.4) is 0 Å². The summed E-state index contributed by atoms with van der Waals surface area (Å²) in [6.45, 7) is 0.139. The summed E-state index contributed by atoms with van der Waals surface area (Å²) < 4.78 is 13.7. The molecule has 0 spiro atoms. The maximum Gasteiger partial charge on any atom is 0.268 e. The highest BCUT2D eigenvalue weighted by molar-refractivity contribution is 6.28. The summed E-state index contributed by atoms with van der Waals surface area (Å²) >= 11 is 5.61. The van der Waals surface area contributed by atoms with Crippen LogP contribution in [0.5, 0.6) is 0 Å². The quantitative estimate of drug-likeness (QED) is 0.471. The van der Waals surface area contributed by atoms with E-state index in [0.717, 1.165) is 0 Å². The van der Waals surface area contributed by atoms with Gasteiger partial charge in [0.05, 0.1) is 18.5 Å². The molecule has 0 saturated carbocycles. The normalized spacial score (nSPS) is 17.0. The standard InChI is InChI=1S/C19H20ClFN4O4/c20-8-16(26)14(6-10-4-5-22-18(10)28)25-17(27)9-23-19(29)15-7-11-12(21)2-1-3-13(11)24-15/h1-3,7,10,14,24H,4-6,8-9H2,(H,22,28)(H,23,29)(H,25,27). The number of H-pyrrole nitrogens is 1. The molecule has 10 heteroatoms. The average molecular weight is 423 g/mol. The summed E-state index contributed by atoms with van der Waals surface area (Å²) in [7, 11) is 0. The number of rotatable bonds is 8. The number of aromatic amines is 1. The molecule has 3 rings (SSSR count). The van der Waals surface area contributed by atoms with E-state index in [-0.39, 0.29) is 41.8 Å². The van der Waals surface area contributed by atoms with E-state index in [2.05, 4.69) is 20.9 Å². The molecule has 3 amide bonds. The molecule has 0 aliphatic carbocycles. The van der Waals surface area contributed by atoms with Crippen molar-refractivity contribution in [2.45, 2.75) is 18.9 Å². The van der Waals surface area contributed by atoms with Gasteiger partial charge in [0.15, 0.2) is 5.78 Å². The number of alkyl halides is 1. The van der Waals surface area contributed by atoms with Crippen LogP contribution in [0.2, 0.25) is 0 Å². The van der Waals surface area contributed by atoms with Gasteiger partial charge in [-0.25, -0.2) is 4.39 Å². The zero-order valence-corrected chi connectivity index (χ0v) is 16.1. The highest BCUT2D eigenvalue weighted by Gasteiger charge is 2.30. The molecule has 1 aromatic carbocycles. The molecule has 2 aromatic rings. The average Bonchev–Trinajstić information content (AvgIpc) is 3.32. The second-order valence-corrected chi connectivity index (χ2v) is 7.07. The van der Waals surface area contributed by atoms with Gasteiger partial charge in [-0.05, 0) is 31.0 Å². The number of hydrogen-bond donors (Lipinski definition) is 4. The minimum atomic E-state index is -0.909. The number of aromatic nitrogens is 1. The molecule has 0 radical (unpaired) electrons. The lowest BCUT2D eigenvalue weighted by molar-refractivity contribution is -0.128. The van der Waals surface area contributed by atoms with E-state index in [0.29, 0.717) is 18.5 Å². The Morgan fingerprint density at radius 1 is 1.31 bits per heavy atom. The van der Waals surface area contributed by atoms with E-state index in [4.69, 9.17) is 11.6 Å². The molecule has 4 N–H and O–H groups in total. The summed E-state index contributed by atoms with van der Waals surface area (Å²) in [4.78, 5) is 51.0. The number of carbonyl (C=O) groups is 4. The van der Waals surface area contributed by atoms with E-state index in [1.807, 2.05) is 0 Å². The predicted molar refractivity (Wildman–Crippen MR) is 104 cm³/mol. The van der Waals surface area contributed by atoms with E-state index >= 15 is 0 Å². The van der Waals surface area contributed by atoms with Crippen molar-refractivity contribution in [3.05, 3.63) is 35.8 Å². The number of hydrogen-bond acceptors (Lipinski definition) is 4. The van der Waals surface area contributed by atoms with Gasteiger partial charge in [0.1, 0.15) is 11.5 Å². The first-order chi connectivity index (χ1) is 13.9. The highest BCUT2D eigenvalue weighted by atomic mass is 35.5. The van der Waals surface area contributed by atoms with Crippen LogP contribution in [0.1, 0.15) is 23.3 Å². The van der Waals surface area contributed by atoms with Crippen molar-refractivity contribution in [1.82, 2.24) is 20.9 Å². The first kappa shape index (κ1) is 20.8. The molecule has 1 aromatic heterocycles.